The predicted octanol–water partition coefficient (Wildman–Crippen LogP) is 2.91. The first-order valence-electron chi connectivity index (χ1n) is 10.7. The fourth-order valence-electron chi connectivity index (χ4n) is 4.79. The largest absolute Gasteiger partial charge is 0.477 e. The van der Waals surface area contributed by atoms with E-state index in [4.69, 9.17) is 4.74 Å². The molecule has 4 rings (SSSR count). The van der Waals surface area contributed by atoms with Crippen LogP contribution in [0.5, 0.6) is 0 Å². The molecule has 2 heterocycles. The van der Waals surface area contributed by atoms with Gasteiger partial charge in [-0.3, -0.25) is 4.79 Å². The van der Waals surface area contributed by atoms with Crippen LogP contribution in [0.25, 0.3) is 10.9 Å². The lowest BCUT2D eigenvalue weighted by atomic mass is 9.94. The van der Waals surface area contributed by atoms with Crippen molar-refractivity contribution in [3.8, 4) is 0 Å². The Hall–Kier alpha value is -2.52. The number of carboxylic acids is 1. The highest BCUT2D eigenvalue weighted by Crippen LogP contribution is 2.35. The normalized spacial score (nSPS) is 20.4. The van der Waals surface area contributed by atoms with Crippen molar-refractivity contribution in [1.82, 2.24) is 9.88 Å². The Morgan fingerprint density at radius 1 is 1.29 bits per heavy atom. The van der Waals surface area contributed by atoms with Crippen molar-refractivity contribution in [2.24, 2.45) is 0 Å². The van der Waals surface area contributed by atoms with Gasteiger partial charge in [0.25, 0.3) is 0 Å². The zero-order valence-electron chi connectivity index (χ0n) is 17.5. The van der Waals surface area contributed by atoms with Crippen molar-refractivity contribution < 1.29 is 23.4 Å². The first kappa shape index (κ1) is 21.7. The molecule has 2 N–H and O–H groups in total. The Labute approximate surface area is 178 Å². The van der Waals surface area contributed by atoms with Gasteiger partial charge in [-0.2, -0.15) is 0 Å². The lowest BCUT2D eigenvalue weighted by Crippen LogP contribution is -2.47. The number of fused-ring (bicyclic) bond motifs is 1. The van der Waals surface area contributed by atoms with Crippen LogP contribution in [0.15, 0.2) is 17.1 Å². The monoisotopic (exact) mass is 435 g/mol. The van der Waals surface area contributed by atoms with E-state index in [2.05, 4.69) is 5.32 Å². The molecule has 2 fully saturated rings. The van der Waals surface area contributed by atoms with Crippen LogP contribution in [0.4, 0.5) is 14.5 Å². The molecule has 0 amide bonds. The second-order valence-electron chi connectivity index (χ2n) is 8.29. The molecule has 1 aliphatic carbocycles. The minimum atomic E-state index is -1.40. The van der Waals surface area contributed by atoms with E-state index in [1.807, 2.05) is 0 Å². The van der Waals surface area contributed by atoms with E-state index in [1.165, 1.54) is 6.20 Å². The molecule has 1 atom stereocenters. The molecule has 0 bridgehead atoms. The van der Waals surface area contributed by atoms with Gasteiger partial charge in [-0.25, -0.2) is 13.6 Å². The minimum absolute atomic E-state index is 0.0186. The third kappa shape index (κ3) is 4.04. The number of aromatic carboxylic acids is 1. The van der Waals surface area contributed by atoms with Crippen molar-refractivity contribution in [3.63, 3.8) is 0 Å². The topological polar surface area (TPSA) is 83.8 Å². The third-order valence-electron chi connectivity index (χ3n) is 6.27. The maximum atomic E-state index is 15.9. The van der Waals surface area contributed by atoms with Gasteiger partial charge < -0.3 is 24.6 Å². The number of hydrogen-bond acceptors (Lipinski definition) is 5. The summed E-state index contributed by atoms with van der Waals surface area (Å²) >= 11 is 0. The van der Waals surface area contributed by atoms with Crippen LogP contribution in [-0.2, 0) is 4.74 Å². The molecular weight excluding hydrogens is 408 g/mol. The number of benzene rings is 1. The number of hydrogen-bond donors (Lipinski definition) is 2. The number of carboxylic acid groups (broad SMARTS) is 1. The predicted molar refractivity (Wildman–Crippen MR) is 113 cm³/mol. The van der Waals surface area contributed by atoms with E-state index in [0.29, 0.717) is 26.2 Å². The number of morpholine rings is 1. The van der Waals surface area contributed by atoms with Gasteiger partial charge in [-0.1, -0.05) is 19.3 Å². The average molecular weight is 435 g/mol. The van der Waals surface area contributed by atoms with E-state index in [9.17, 15) is 14.7 Å². The summed E-state index contributed by atoms with van der Waals surface area (Å²) < 4.78 is 38.2. The fourth-order valence-corrected chi connectivity index (χ4v) is 4.79. The van der Waals surface area contributed by atoms with Crippen molar-refractivity contribution in [1.29, 1.82) is 0 Å². The summed E-state index contributed by atoms with van der Waals surface area (Å²) in [6.07, 6.45) is 5.45. The minimum Gasteiger partial charge on any atom is -0.477 e. The summed E-state index contributed by atoms with van der Waals surface area (Å²) in [5.41, 5.74) is -1.54. The van der Waals surface area contributed by atoms with E-state index < -0.39 is 28.6 Å². The van der Waals surface area contributed by atoms with E-state index in [-0.39, 0.29) is 28.7 Å². The second-order valence-corrected chi connectivity index (χ2v) is 8.29. The molecule has 0 radical (unpaired) electrons. The Morgan fingerprint density at radius 2 is 2.03 bits per heavy atom. The molecule has 1 saturated heterocycles. The number of aromatic nitrogens is 1. The highest BCUT2D eigenvalue weighted by Gasteiger charge is 2.30. The van der Waals surface area contributed by atoms with E-state index >= 15 is 8.78 Å². The number of carbonyl (C=O) groups is 1. The maximum Gasteiger partial charge on any atom is 0.341 e. The van der Waals surface area contributed by atoms with Crippen LogP contribution in [0.1, 0.15) is 48.5 Å². The zero-order chi connectivity index (χ0) is 22.1. The molecule has 0 spiro atoms. The van der Waals surface area contributed by atoms with Crippen molar-refractivity contribution in [2.45, 2.75) is 44.2 Å². The summed E-state index contributed by atoms with van der Waals surface area (Å²) in [5.74, 6) is -3.09. The molecule has 1 aromatic carbocycles. The number of nitrogens with zero attached hydrogens (tertiary/aromatic N) is 2. The molecule has 7 nitrogen and oxygen atoms in total. The molecule has 168 valence electrons. The van der Waals surface area contributed by atoms with Gasteiger partial charge >= 0.3 is 5.97 Å². The van der Waals surface area contributed by atoms with Gasteiger partial charge in [0.15, 0.2) is 5.82 Å². The van der Waals surface area contributed by atoms with Crippen molar-refractivity contribution in [3.05, 3.63) is 39.7 Å². The molecule has 1 unspecified atom stereocenters. The number of pyridine rings is 1. The van der Waals surface area contributed by atoms with Gasteiger partial charge in [0.1, 0.15) is 17.1 Å². The van der Waals surface area contributed by atoms with E-state index in [1.54, 1.807) is 16.5 Å². The maximum absolute atomic E-state index is 15.9. The van der Waals surface area contributed by atoms with Gasteiger partial charge in [-0.05, 0) is 26.0 Å². The molecule has 31 heavy (non-hydrogen) atoms. The van der Waals surface area contributed by atoms with Crippen LogP contribution >= 0.6 is 0 Å². The number of anilines is 1. The standard InChI is InChI=1S/C22H27F2N3O4/c1-25-10-14-11-26(7-8-31-14)20-17(23)9-15-19(18(20)24)27(13-5-3-2-4-6-13)12-16(21(15)28)22(29)30/h9,12-14,25H,2-8,10-11H2,1H3,(H,29,30). The number of halogens is 2. The van der Waals surface area contributed by atoms with Gasteiger partial charge in [-0.15, -0.1) is 0 Å². The van der Waals surface area contributed by atoms with Crippen molar-refractivity contribution >= 4 is 22.6 Å². The number of likely N-dealkylation sites (N-methyl/N-ethyl adjacent to an activating group) is 1. The molecule has 2 aliphatic rings. The molecule has 2 aromatic rings. The van der Waals surface area contributed by atoms with Crippen LogP contribution < -0.4 is 15.6 Å². The molecule has 1 aliphatic heterocycles. The SMILES string of the molecule is CNCC1CN(c2c(F)cc3c(=O)c(C(=O)O)cn(C4CCCCC4)c3c2F)CCO1. The number of rotatable bonds is 5. The lowest BCUT2D eigenvalue weighted by molar-refractivity contribution is 0.0417. The summed E-state index contributed by atoms with van der Waals surface area (Å²) in [6, 6.07) is 0.856. The van der Waals surface area contributed by atoms with Crippen LogP contribution in [0, 0.1) is 11.6 Å². The highest BCUT2D eigenvalue weighted by molar-refractivity contribution is 5.94. The number of ether oxygens (including phenoxy) is 1. The fraction of sp³-hybridized carbons (Fsp3) is 0.545. The lowest BCUT2D eigenvalue weighted by Gasteiger charge is -2.35. The zero-order valence-corrected chi connectivity index (χ0v) is 17.5. The van der Waals surface area contributed by atoms with Crippen LogP contribution in [-0.4, -0.2) is 55.0 Å². The Kier molecular flexibility index (Phi) is 6.24. The quantitative estimate of drug-likeness (QED) is 0.752. The summed E-state index contributed by atoms with van der Waals surface area (Å²) in [6.45, 7) is 1.50. The highest BCUT2D eigenvalue weighted by atomic mass is 19.1. The number of nitrogens with one attached hydrogen (secondary N) is 1. The Morgan fingerprint density at radius 3 is 2.71 bits per heavy atom. The average Bonchev–Trinajstić information content (AvgIpc) is 2.75. The first-order valence-corrected chi connectivity index (χ1v) is 10.7. The molecule has 1 saturated carbocycles. The first-order chi connectivity index (χ1) is 14.9. The van der Waals surface area contributed by atoms with Crippen LogP contribution in [0.3, 0.4) is 0 Å². The van der Waals surface area contributed by atoms with Crippen LogP contribution in [0.2, 0.25) is 0 Å². The Balaban J connectivity index is 1.91. The van der Waals surface area contributed by atoms with Crippen molar-refractivity contribution in [2.75, 3.05) is 38.2 Å². The van der Waals surface area contributed by atoms with Gasteiger partial charge in [0.05, 0.1) is 23.6 Å². The second kappa shape index (κ2) is 8.92. The third-order valence-corrected chi connectivity index (χ3v) is 6.27. The summed E-state index contributed by atoms with van der Waals surface area (Å²) in [7, 11) is 1.78. The van der Waals surface area contributed by atoms with E-state index in [0.717, 1.165) is 38.2 Å². The summed E-state index contributed by atoms with van der Waals surface area (Å²) in [4.78, 5) is 26.0. The Bertz CT molecular complexity index is 1050. The molecule has 1 aromatic heterocycles. The molecule has 9 heteroatoms. The van der Waals surface area contributed by atoms with Gasteiger partial charge in [0.2, 0.25) is 5.43 Å². The van der Waals surface area contributed by atoms with Gasteiger partial charge in [0, 0.05) is 31.9 Å². The smallest absolute Gasteiger partial charge is 0.341 e. The molecular formula is C22H27F2N3O4. The summed E-state index contributed by atoms with van der Waals surface area (Å²) in [5, 5.41) is 12.3.